The Morgan fingerprint density at radius 1 is 1.14 bits per heavy atom. The highest BCUT2D eigenvalue weighted by molar-refractivity contribution is 5.89. The van der Waals surface area contributed by atoms with E-state index in [1.165, 1.54) is 11.3 Å². The molecule has 0 aromatic heterocycles. The van der Waals surface area contributed by atoms with E-state index in [0.717, 1.165) is 13.1 Å². The summed E-state index contributed by atoms with van der Waals surface area (Å²) in [6.07, 6.45) is 0.506. The molecule has 2 aliphatic rings. The molecule has 1 aliphatic heterocycles. The van der Waals surface area contributed by atoms with Gasteiger partial charge in [0.25, 0.3) is 0 Å². The van der Waals surface area contributed by atoms with Gasteiger partial charge in [-0.05, 0) is 31.0 Å². The maximum atomic E-state index is 12.2. The first kappa shape index (κ1) is 13.9. The number of hydrogen-bond acceptors (Lipinski definition) is 3. The van der Waals surface area contributed by atoms with Gasteiger partial charge in [0.05, 0.1) is 11.8 Å². The van der Waals surface area contributed by atoms with E-state index in [1.54, 1.807) is 0 Å². The van der Waals surface area contributed by atoms with E-state index in [2.05, 4.69) is 30.0 Å². The van der Waals surface area contributed by atoms with Gasteiger partial charge >= 0.3 is 5.97 Å². The van der Waals surface area contributed by atoms with Gasteiger partial charge in [0.2, 0.25) is 5.91 Å². The zero-order chi connectivity index (χ0) is 15.0. The third-order valence-corrected chi connectivity index (χ3v) is 4.38. The van der Waals surface area contributed by atoms with E-state index in [9.17, 15) is 9.59 Å². The Hall–Kier alpha value is -2.04. The minimum absolute atomic E-state index is 0.0197. The van der Waals surface area contributed by atoms with Crippen LogP contribution < -0.4 is 4.90 Å². The van der Waals surface area contributed by atoms with E-state index in [1.807, 2.05) is 11.0 Å². The number of carbonyl (C=O) groups is 2. The molecular formula is C16H20N2O3. The van der Waals surface area contributed by atoms with Crippen molar-refractivity contribution in [2.75, 3.05) is 31.1 Å². The molecule has 1 saturated heterocycles. The number of amides is 1. The van der Waals surface area contributed by atoms with Crippen molar-refractivity contribution in [3.63, 3.8) is 0 Å². The zero-order valence-electron chi connectivity index (χ0n) is 12.2. The lowest BCUT2D eigenvalue weighted by atomic mass is 10.2. The number of carboxylic acid groups (broad SMARTS) is 1. The van der Waals surface area contributed by atoms with Crippen LogP contribution in [-0.4, -0.2) is 48.1 Å². The molecule has 21 heavy (non-hydrogen) atoms. The summed E-state index contributed by atoms with van der Waals surface area (Å²) in [5.41, 5.74) is 2.42. The molecule has 5 heteroatoms. The van der Waals surface area contributed by atoms with Crippen molar-refractivity contribution in [2.45, 2.75) is 13.3 Å². The summed E-state index contributed by atoms with van der Waals surface area (Å²) >= 11 is 0. The summed E-state index contributed by atoms with van der Waals surface area (Å²) < 4.78 is 0. The molecule has 2 fully saturated rings. The fraction of sp³-hybridized carbons (Fsp3) is 0.500. The number of rotatable bonds is 3. The number of aryl methyl sites for hydroxylation is 1. The first-order chi connectivity index (χ1) is 10.1. The molecule has 1 N–H and O–H groups in total. The molecule has 0 bridgehead atoms. The summed E-state index contributed by atoms with van der Waals surface area (Å²) in [5.74, 6) is -1.56. The van der Waals surface area contributed by atoms with Crippen LogP contribution in [0.15, 0.2) is 24.3 Å². The average Bonchev–Trinajstić information content (AvgIpc) is 3.27. The highest BCUT2D eigenvalue weighted by atomic mass is 16.4. The molecular weight excluding hydrogens is 268 g/mol. The number of piperazine rings is 1. The lowest BCUT2D eigenvalue weighted by Gasteiger charge is -2.36. The van der Waals surface area contributed by atoms with E-state index in [4.69, 9.17) is 5.11 Å². The quantitative estimate of drug-likeness (QED) is 0.912. The van der Waals surface area contributed by atoms with Crippen molar-refractivity contribution in [3.8, 4) is 0 Å². The second kappa shape index (κ2) is 5.39. The van der Waals surface area contributed by atoms with Gasteiger partial charge in [-0.2, -0.15) is 0 Å². The van der Waals surface area contributed by atoms with Crippen molar-refractivity contribution in [3.05, 3.63) is 29.8 Å². The zero-order valence-corrected chi connectivity index (χ0v) is 12.2. The molecule has 1 aromatic carbocycles. The van der Waals surface area contributed by atoms with Gasteiger partial charge in [0.1, 0.15) is 0 Å². The van der Waals surface area contributed by atoms with E-state index >= 15 is 0 Å². The normalized spacial score (nSPS) is 24.8. The molecule has 1 amide bonds. The van der Waals surface area contributed by atoms with Gasteiger partial charge in [-0.15, -0.1) is 0 Å². The molecule has 0 spiro atoms. The Labute approximate surface area is 124 Å². The molecule has 2 atom stereocenters. The van der Waals surface area contributed by atoms with Crippen LogP contribution in [0.5, 0.6) is 0 Å². The largest absolute Gasteiger partial charge is 0.481 e. The van der Waals surface area contributed by atoms with Crippen LogP contribution in [0.25, 0.3) is 0 Å². The van der Waals surface area contributed by atoms with Crippen molar-refractivity contribution < 1.29 is 14.7 Å². The first-order valence-corrected chi connectivity index (χ1v) is 7.39. The summed E-state index contributed by atoms with van der Waals surface area (Å²) in [6, 6.07) is 8.36. The summed E-state index contributed by atoms with van der Waals surface area (Å²) in [5, 5.41) is 8.91. The number of aliphatic carboxylic acids is 1. The third kappa shape index (κ3) is 2.86. The van der Waals surface area contributed by atoms with Gasteiger partial charge in [0, 0.05) is 31.9 Å². The molecule has 1 heterocycles. The van der Waals surface area contributed by atoms with Gasteiger partial charge < -0.3 is 14.9 Å². The smallest absolute Gasteiger partial charge is 0.307 e. The average molecular weight is 288 g/mol. The Kier molecular flexibility index (Phi) is 3.57. The Morgan fingerprint density at radius 3 is 2.43 bits per heavy atom. The van der Waals surface area contributed by atoms with Gasteiger partial charge in [-0.3, -0.25) is 9.59 Å². The Morgan fingerprint density at radius 2 is 1.86 bits per heavy atom. The number of carboxylic acids is 1. The molecule has 3 rings (SSSR count). The van der Waals surface area contributed by atoms with Crippen molar-refractivity contribution in [1.29, 1.82) is 0 Å². The van der Waals surface area contributed by atoms with Crippen LogP contribution in [0.1, 0.15) is 12.0 Å². The van der Waals surface area contributed by atoms with Crippen LogP contribution >= 0.6 is 0 Å². The Balaban J connectivity index is 1.56. The fourth-order valence-electron chi connectivity index (χ4n) is 2.99. The van der Waals surface area contributed by atoms with Crippen molar-refractivity contribution in [2.24, 2.45) is 11.8 Å². The highest BCUT2D eigenvalue weighted by Gasteiger charge is 2.49. The summed E-state index contributed by atoms with van der Waals surface area (Å²) in [4.78, 5) is 27.2. The number of benzene rings is 1. The van der Waals surface area contributed by atoms with E-state index < -0.39 is 11.9 Å². The minimum atomic E-state index is -0.841. The van der Waals surface area contributed by atoms with Gasteiger partial charge in [-0.1, -0.05) is 12.1 Å². The number of nitrogens with zero attached hydrogens (tertiary/aromatic N) is 2. The molecule has 0 unspecified atom stereocenters. The monoisotopic (exact) mass is 288 g/mol. The van der Waals surface area contributed by atoms with E-state index in [0.29, 0.717) is 19.5 Å². The number of anilines is 1. The van der Waals surface area contributed by atoms with E-state index in [-0.39, 0.29) is 11.8 Å². The van der Waals surface area contributed by atoms with Crippen LogP contribution in [0, 0.1) is 18.8 Å². The predicted molar refractivity (Wildman–Crippen MR) is 79.2 cm³/mol. The lowest BCUT2D eigenvalue weighted by molar-refractivity contribution is -0.142. The maximum absolute atomic E-state index is 12.2. The van der Waals surface area contributed by atoms with Crippen molar-refractivity contribution in [1.82, 2.24) is 4.90 Å². The highest BCUT2D eigenvalue weighted by Crippen LogP contribution is 2.40. The molecule has 1 aromatic rings. The summed E-state index contributed by atoms with van der Waals surface area (Å²) in [6.45, 7) is 5.03. The Bertz CT molecular complexity index is 564. The lowest BCUT2D eigenvalue weighted by Crippen LogP contribution is -2.49. The topological polar surface area (TPSA) is 60.9 Å². The third-order valence-electron chi connectivity index (χ3n) is 4.38. The predicted octanol–water partition coefficient (Wildman–Crippen LogP) is 1.36. The van der Waals surface area contributed by atoms with Gasteiger partial charge in [-0.25, -0.2) is 0 Å². The number of carbonyl (C=O) groups excluding carboxylic acids is 1. The minimum Gasteiger partial charge on any atom is -0.481 e. The van der Waals surface area contributed by atoms with Crippen molar-refractivity contribution >= 4 is 17.6 Å². The van der Waals surface area contributed by atoms with Crippen LogP contribution in [-0.2, 0) is 9.59 Å². The standard InChI is InChI=1S/C16H20N2O3/c1-11-3-2-4-12(9-11)17-5-7-18(8-6-17)15(19)13-10-14(13)16(20)21/h2-4,9,13-14H,5-8,10H2,1H3,(H,20,21)/t13-,14+/m1/s1. The molecule has 112 valence electrons. The van der Waals surface area contributed by atoms with Gasteiger partial charge in [0.15, 0.2) is 0 Å². The molecule has 1 saturated carbocycles. The first-order valence-electron chi connectivity index (χ1n) is 7.39. The SMILES string of the molecule is Cc1cccc(N2CCN(C(=O)[C@@H]3C[C@@H]3C(=O)O)CC2)c1. The van der Waals surface area contributed by atoms with Crippen LogP contribution in [0.3, 0.4) is 0 Å². The fourth-order valence-corrected chi connectivity index (χ4v) is 2.99. The molecule has 1 aliphatic carbocycles. The molecule has 5 nitrogen and oxygen atoms in total. The second-order valence-electron chi connectivity index (χ2n) is 5.94. The van der Waals surface area contributed by atoms with Crippen LogP contribution in [0.4, 0.5) is 5.69 Å². The summed E-state index contributed by atoms with van der Waals surface area (Å²) in [7, 11) is 0. The van der Waals surface area contributed by atoms with Crippen LogP contribution in [0.2, 0.25) is 0 Å². The molecule has 0 radical (unpaired) electrons. The number of hydrogen-bond donors (Lipinski definition) is 1. The maximum Gasteiger partial charge on any atom is 0.307 e. The second-order valence-corrected chi connectivity index (χ2v) is 5.94.